The predicted molar refractivity (Wildman–Crippen MR) is 101 cm³/mol. The smallest absolute Gasteiger partial charge is 0.251 e. The van der Waals surface area contributed by atoms with Gasteiger partial charge in [0.15, 0.2) is 0 Å². The number of hydrogen-bond acceptors (Lipinski definition) is 4. The van der Waals surface area contributed by atoms with E-state index >= 15 is 0 Å². The molecule has 1 aromatic carbocycles. The standard InChI is InChI=1S/C20H24N4O2/c1-15(23-20(26)17-7-3-2-4-8-17)19(25)22-14-16-9-10-18(21-13-16)24-11-5-6-12-24/h2-4,7-10,13,15H,5-6,11-12,14H2,1H3,(H,22,25)(H,23,26). The minimum Gasteiger partial charge on any atom is -0.357 e. The van der Waals surface area contributed by atoms with Gasteiger partial charge in [-0.25, -0.2) is 4.98 Å². The molecule has 6 heteroatoms. The number of nitrogens with one attached hydrogen (secondary N) is 2. The number of nitrogens with zero attached hydrogens (tertiary/aromatic N) is 2. The molecule has 1 fully saturated rings. The van der Waals surface area contributed by atoms with Gasteiger partial charge in [0.25, 0.3) is 5.91 Å². The maximum Gasteiger partial charge on any atom is 0.251 e. The van der Waals surface area contributed by atoms with Gasteiger partial charge in [-0.1, -0.05) is 24.3 Å². The Morgan fingerprint density at radius 1 is 1.12 bits per heavy atom. The number of rotatable bonds is 6. The summed E-state index contributed by atoms with van der Waals surface area (Å²) in [4.78, 5) is 31.0. The Kier molecular flexibility index (Phi) is 5.84. The topological polar surface area (TPSA) is 74.3 Å². The number of hydrogen-bond donors (Lipinski definition) is 2. The third-order valence-electron chi connectivity index (χ3n) is 4.48. The number of amides is 2. The molecule has 0 aliphatic carbocycles. The van der Waals surface area contributed by atoms with Gasteiger partial charge in [-0.3, -0.25) is 9.59 Å². The third-order valence-corrected chi connectivity index (χ3v) is 4.48. The molecule has 1 saturated heterocycles. The maximum atomic E-state index is 12.2. The van der Waals surface area contributed by atoms with Crippen molar-refractivity contribution in [2.24, 2.45) is 0 Å². The first-order chi connectivity index (χ1) is 12.6. The summed E-state index contributed by atoms with van der Waals surface area (Å²) in [6.07, 6.45) is 4.22. The molecule has 2 amide bonds. The molecule has 3 rings (SSSR count). The summed E-state index contributed by atoms with van der Waals surface area (Å²) >= 11 is 0. The van der Waals surface area contributed by atoms with Crippen LogP contribution in [-0.4, -0.2) is 35.9 Å². The first-order valence-corrected chi connectivity index (χ1v) is 8.97. The minimum absolute atomic E-state index is 0.224. The molecule has 2 heterocycles. The van der Waals surface area contributed by atoms with Gasteiger partial charge >= 0.3 is 0 Å². The van der Waals surface area contributed by atoms with Crippen molar-refractivity contribution in [3.8, 4) is 0 Å². The van der Waals surface area contributed by atoms with Gasteiger partial charge in [-0.15, -0.1) is 0 Å². The number of carbonyl (C=O) groups excluding carboxylic acids is 2. The monoisotopic (exact) mass is 352 g/mol. The van der Waals surface area contributed by atoms with Gasteiger partial charge in [-0.05, 0) is 43.5 Å². The molecule has 2 N–H and O–H groups in total. The molecule has 1 atom stereocenters. The van der Waals surface area contributed by atoms with Crippen molar-refractivity contribution in [1.82, 2.24) is 15.6 Å². The zero-order chi connectivity index (χ0) is 18.4. The molecule has 2 aromatic rings. The molecular formula is C20H24N4O2. The van der Waals surface area contributed by atoms with Crippen LogP contribution in [-0.2, 0) is 11.3 Å². The van der Waals surface area contributed by atoms with Crippen molar-refractivity contribution >= 4 is 17.6 Å². The highest BCUT2D eigenvalue weighted by molar-refractivity contribution is 5.97. The number of pyridine rings is 1. The van der Waals surface area contributed by atoms with Crippen LogP contribution in [0, 0.1) is 0 Å². The van der Waals surface area contributed by atoms with Gasteiger partial charge < -0.3 is 15.5 Å². The first-order valence-electron chi connectivity index (χ1n) is 8.97. The highest BCUT2D eigenvalue weighted by Crippen LogP contribution is 2.17. The molecule has 0 saturated carbocycles. The quantitative estimate of drug-likeness (QED) is 0.835. The second-order valence-electron chi connectivity index (χ2n) is 6.50. The summed E-state index contributed by atoms with van der Waals surface area (Å²) in [7, 11) is 0. The number of aromatic nitrogens is 1. The third kappa shape index (κ3) is 4.59. The molecule has 1 unspecified atom stereocenters. The van der Waals surface area contributed by atoms with E-state index in [0.29, 0.717) is 12.1 Å². The molecule has 1 aromatic heterocycles. The maximum absolute atomic E-state index is 12.2. The Morgan fingerprint density at radius 3 is 2.50 bits per heavy atom. The Balaban J connectivity index is 1.47. The molecule has 0 bridgehead atoms. The largest absolute Gasteiger partial charge is 0.357 e. The van der Waals surface area contributed by atoms with Crippen LogP contribution in [0.25, 0.3) is 0 Å². The predicted octanol–water partition coefficient (Wildman–Crippen LogP) is 2.12. The lowest BCUT2D eigenvalue weighted by Crippen LogP contribution is -2.44. The van der Waals surface area contributed by atoms with Crippen molar-refractivity contribution in [3.63, 3.8) is 0 Å². The molecule has 136 valence electrons. The van der Waals surface area contributed by atoms with Gasteiger partial charge in [0.05, 0.1) is 0 Å². The molecule has 0 spiro atoms. The summed E-state index contributed by atoms with van der Waals surface area (Å²) in [5, 5.41) is 5.54. The van der Waals surface area contributed by atoms with E-state index in [1.54, 1.807) is 37.4 Å². The van der Waals surface area contributed by atoms with E-state index in [2.05, 4.69) is 20.5 Å². The van der Waals surface area contributed by atoms with Crippen molar-refractivity contribution in [3.05, 3.63) is 59.8 Å². The fraction of sp³-hybridized carbons (Fsp3) is 0.350. The lowest BCUT2D eigenvalue weighted by atomic mass is 10.2. The van der Waals surface area contributed by atoms with Crippen molar-refractivity contribution < 1.29 is 9.59 Å². The number of anilines is 1. The highest BCUT2D eigenvalue weighted by atomic mass is 16.2. The van der Waals surface area contributed by atoms with E-state index < -0.39 is 6.04 Å². The highest BCUT2D eigenvalue weighted by Gasteiger charge is 2.16. The number of benzene rings is 1. The van der Waals surface area contributed by atoms with E-state index in [4.69, 9.17) is 0 Å². The van der Waals surface area contributed by atoms with E-state index in [1.165, 1.54) is 12.8 Å². The lowest BCUT2D eigenvalue weighted by Gasteiger charge is -2.17. The normalized spacial score (nSPS) is 14.7. The zero-order valence-corrected chi connectivity index (χ0v) is 14.9. The minimum atomic E-state index is -0.612. The second-order valence-corrected chi connectivity index (χ2v) is 6.50. The summed E-state index contributed by atoms with van der Waals surface area (Å²) < 4.78 is 0. The molecule has 0 radical (unpaired) electrons. The molecule has 1 aliphatic heterocycles. The molecule has 1 aliphatic rings. The SMILES string of the molecule is CC(NC(=O)c1ccccc1)C(=O)NCc1ccc(N2CCCC2)nc1. The Labute approximate surface area is 153 Å². The van der Waals surface area contributed by atoms with Crippen LogP contribution in [0.4, 0.5) is 5.82 Å². The van der Waals surface area contributed by atoms with E-state index in [1.807, 2.05) is 18.2 Å². The van der Waals surface area contributed by atoms with Gasteiger partial charge in [0.2, 0.25) is 5.91 Å². The van der Waals surface area contributed by atoms with Gasteiger partial charge in [0, 0.05) is 31.4 Å². The van der Waals surface area contributed by atoms with Crippen LogP contribution >= 0.6 is 0 Å². The van der Waals surface area contributed by atoms with Crippen LogP contribution in [0.3, 0.4) is 0 Å². The van der Waals surface area contributed by atoms with Crippen LogP contribution in [0.5, 0.6) is 0 Å². The van der Waals surface area contributed by atoms with Crippen LogP contribution in [0.2, 0.25) is 0 Å². The van der Waals surface area contributed by atoms with Crippen molar-refractivity contribution in [1.29, 1.82) is 0 Å². The summed E-state index contributed by atoms with van der Waals surface area (Å²) in [5.74, 6) is 0.504. The van der Waals surface area contributed by atoms with E-state index in [-0.39, 0.29) is 11.8 Å². The Morgan fingerprint density at radius 2 is 1.85 bits per heavy atom. The lowest BCUT2D eigenvalue weighted by molar-refractivity contribution is -0.122. The van der Waals surface area contributed by atoms with Crippen LogP contribution in [0.15, 0.2) is 48.7 Å². The number of carbonyl (C=O) groups is 2. The summed E-state index contributed by atoms with van der Waals surface area (Å²) in [5.41, 5.74) is 1.47. The van der Waals surface area contributed by atoms with Crippen molar-refractivity contribution in [2.75, 3.05) is 18.0 Å². The van der Waals surface area contributed by atoms with E-state index in [0.717, 1.165) is 24.5 Å². The molecule has 26 heavy (non-hydrogen) atoms. The van der Waals surface area contributed by atoms with E-state index in [9.17, 15) is 9.59 Å². The second kappa shape index (κ2) is 8.47. The van der Waals surface area contributed by atoms with Crippen LogP contribution < -0.4 is 15.5 Å². The van der Waals surface area contributed by atoms with Gasteiger partial charge in [-0.2, -0.15) is 0 Å². The summed E-state index contributed by atoms with van der Waals surface area (Å²) in [6, 6.07) is 12.2. The van der Waals surface area contributed by atoms with Crippen LogP contribution in [0.1, 0.15) is 35.7 Å². The first kappa shape index (κ1) is 17.9. The zero-order valence-electron chi connectivity index (χ0n) is 14.9. The summed E-state index contributed by atoms with van der Waals surface area (Å²) in [6.45, 7) is 4.17. The average Bonchev–Trinajstić information content (AvgIpc) is 3.22. The van der Waals surface area contributed by atoms with Crippen molar-refractivity contribution in [2.45, 2.75) is 32.4 Å². The van der Waals surface area contributed by atoms with Gasteiger partial charge in [0.1, 0.15) is 11.9 Å². The Hall–Kier alpha value is -2.89. The molecule has 6 nitrogen and oxygen atoms in total. The Bertz CT molecular complexity index is 740. The average molecular weight is 352 g/mol. The molecular weight excluding hydrogens is 328 g/mol. The fourth-order valence-electron chi connectivity index (χ4n) is 2.93. The fourth-order valence-corrected chi connectivity index (χ4v) is 2.93.